The Morgan fingerprint density at radius 3 is 2.44 bits per heavy atom. The lowest BCUT2D eigenvalue weighted by Crippen LogP contribution is -2.48. The molecular formula is C26H27FN2O4S. The largest absolute Gasteiger partial charge is 0.497 e. The zero-order chi connectivity index (χ0) is 24.0. The number of aliphatic hydroxyl groups is 1. The van der Waals surface area contributed by atoms with Crippen LogP contribution in [0.15, 0.2) is 71.6 Å². The quantitative estimate of drug-likeness (QED) is 0.594. The second-order valence-electron chi connectivity index (χ2n) is 8.81. The van der Waals surface area contributed by atoms with Crippen LogP contribution >= 0.6 is 0 Å². The van der Waals surface area contributed by atoms with Crippen LogP contribution in [0.1, 0.15) is 18.0 Å². The maximum atomic E-state index is 14.5. The number of rotatable bonds is 5. The molecular weight excluding hydrogens is 455 g/mol. The standard InChI is InChI=1S/C26H27FN2O4S/c1-28-23-12-9-18(17-7-10-19(33-2)11-8-17)15-21(23)26-20(24(28)16-30)13-14-29(26)34(31,32)25-6-4-3-5-22(25)27/h3-12,15,20,24,26,30H,13-14,16H2,1-2H3/t20-,24+,26-/m1/s1. The molecule has 2 heterocycles. The van der Waals surface area contributed by atoms with E-state index in [2.05, 4.69) is 0 Å². The van der Waals surface area contributed by atoms with Crippen LogP contribution in [0.3, 0.4) is 0 Å². The lowest BCUT2D eigenvalue weighted by molar-refractivity contribution is 0.193. The van der Waals surface area contributed by atoms with Gasteiger partial charge >= 0.3 is 0 Å². The van der Waals surface area contributed by atoms with E-state index in [9.17, 15) is 17.9 Å². The number of benzene rings is 3. The number of ether oxygens (including phenoxy) is 1. The number of anilines is 1. The molecule has 1 N–H and O–H groups in total. The van der Waals surface area contributed by atoms with Gasteiger partial charge in [0.1, 0.15) is 16.5 Å². The van der Waals surface area contributed by atoms with Crippen LogP contribution in [-0.2, 0) is 10.0 Å². The molecule has 0 aromatic heterocycles. The van der Waals surface area contributed by atoms with E-state index in [0.717, 1.165) is 28.1 Å². The molecule has 6 nitrogen and oxygen atoms in total. The van der Waals surface area contributed by atoms with Crippen LogP contribution in [0.25, 0.3) is 11.1 Å². The summed E-state index contributed by atoms with van der Waals surface area (Å²) in [6.45, 7) is 0.174. The lowest BCUT2D eigenvalue weighted by Gasteiger charge is -2.44. The molecule has 3 aromatic carbocycles. The molecule has 1 saturated heterocycles. The zero-order valence-corrected chi connectivity index (χ0v) is 19.9. The summed E-state index contributed by atoms with van der Waals surface area (Å²) in [5.74, 6) is -0.120. The molecule has 0 radical (unpaired) electrons. The Hall–Kier alpha value is -2.94. The van der Waals surface area contributed by atoms with Crippen molar-refractivity contribution in [3.8, 4) is 16.9 Å². The van der Waals surface area contributed by atoms with Crippen molar-refractivity contribution in [1.29, 1.82) is 0 Å². The van der Waals surface area contributed by atoms with E-state index in [1.165, 1.54) is 28.6 Å². The van der Waals surface area contributed by atoms with Crippen LogP contribution in [-0.4, -0.2) is 51.2 Å². The number of fused-ring (bicyclic) bond motifs is 3. The molecule has 0 saturated carbocycles. The average Bonchev–Trinajstić information content (AvgIpc) is 3.30. The molecule has 1 fully saturated rings. The SMILES string of the molecule is COc1ccc(-c2ccc3c(c2)[C@H]2[C@H](CCN2S(=O)(=O)c2ccccc2F)[C@H](CO)N3C)cc1. The Morgan fingerprint density at radius 2 is 1.76 bits per heavy atom. The summed E-state index contributed by atoms with van der Waals surface area (Å²) in [5.41, 5.74) is 3.66. The van der Waals surface area contributed by atoms with Gasteiger partial charge < -0.3 is 14.7 Å². The van der Waals surface area contributed by atoms with Gasteiger partial charge in [-0.3, -0.25) is 0 Å². The highest BCUT2D eigenvalue weighted by Crippen LogP contribution is 2.51. The second-order valence-corrected chi connectivity index (χ2v) is 10.7. The Kier molecular flexibility index (Phi) is 5.83. The van der Waals surface area contributed by atoms with E-state index in [4.69, 9.17) is 4.74 Å². The molecule has 2 aliphatic rings. The van der Waals surface area contributed by atoms with Crippen molar-refractivity contribution in [3.63, 3.8) is 0 Å². The molecule has 0 bridgehead atoms. The highest BCUT2D eigenvalue weighted by Gasteiger charge is 2.50. The predicted molar refractivity (Wildman–Crippen MR) is 129 cm³/mol. The molecule has 178 valence electrons. The van der Waals surface area contributed by atoms with Crippen LogP contribution in [0, 0.1) is 11.7 Å². The number of aliphatic hydroxyl groups excluding tert-OH is 1. The van der Waals surface area contributed by atoms with Gasteiger partial charge in [0.05, 0.1) is 25.8 Å². The molecule has 8 heteroatoms. The van der Waals surface area contributed by atoms with Gasteiger partial charge in [-0.1, -0.05) is 30.3 Å². The summed E-state index contributed by atoms with van der Waals surface area (Å²) < 4.78 is 48.5. The van der Waals surface area contributed by atoms with E-state index in [-0.39, 0.29) is 30.0 Å². The number of nitrogens with zero attached hydrogens (tertiary/aromatic N) is 2. The van der Waals surface area contributed by atoms with Crippen molar-refractivity contribution in [2.24, 2.45) is 5.92 Å². The van der Waals surface area contributed by atoms with E-state index in [1.807, 2.05) is 54.4 Å². The number of sulfonamides is 1. The first-order valence-corrected chi connectivity index (χ1v) is 12.7. The van der Waals surface area contributed by atoms with E-state index < -0.39 is 21.9 Å². The van der Waals surface area contributed by atoms with Crippen LogP contribution in [0.5, 0.6) is 5.75 Å². The van der Waals surface area contributed by atoms with Crippen molar-refractivity contribution in [3.05, 3.63) is 78.1 Å². The van der Waals surface area contributed by atoms with E-state index in [1.54, 1.807) is 7.11 Å². The van der Waals surface area contributed by atoms with Crippen molar-refractivity contribution in [2.75, 3.05) is 32.2 Å². The number of halogens is 1. The fourth-order valence-corrected chi connectivity index (χ4v) is 7.16. The van der Waals surface area contributed by atoms with Gasteiger partial charge in [0.15, 0.2) is 0 Å². The van der Waals surface area contributed by atoms with Crippen molar-refractivity contribution < 1.29 is 22.7 Å². The van der Waals surface area contributed by atoms with Crippen molar-refractivity contribution in [1.82, 2.24) is 4.31 Å². The van der Waals surface area contributed by atoms with Gasteiger partial charge in [-0.15, -0.1) is 0 Å². The van der Waals surface area contributed by atoms with Gasteiger partial charge in [0.25, 0.3) is 0 Å². The topological polar surface area (TPSA) is 70.1 Å². The maximum absolute atomic E-state index is 14.5. The lowest BCUT2D eigenvalue weighted by atomic mass is 9.81. The fourth-order valence-electron chi connectivity index (χ4n) is 5.42. The first-order chi connectivity index (χ1) is 16.4. The molecule has 3 aromatic rings. The predicted octanol–water partition coefficient (Wildman–Crippen LogP) is 4.06. The minimum absolute atomic E-state index is 0.0923. The Balaban J connectivity index is 1.64. The summed E-state index contributed by atoms with van der Waals surface area (Å²) in [6, 6.07) is 18.5. The van der Waals surface area contributed by atoms with Crippen LogP contribution in [0.2, 0.25) is 0 Å². The minimum Gasteiger partial charge on any atom is -0.497 e. The molecule has 2 aliphatic heterocycles. The van der Waals surface area contributed by atoms with Gasteiger partial charge in [0.2, 0.25) is 10.0 Å². The third-order valence-electron chi connectivity index (χ3n) is 7.15. The number of hydrogen-bond acceptors (Lipinski definition) is 5. The third-order valence-corrected chi connectivity index (χ3v) is 9.06. The number of hydrogen-bond donors (Lipinski definition) is 1. The second kappa shape index (κ2) is 8.69. The van der Waals surface area contributed by atoms with Crippen LogP contribution in [0.4, 0.5) is 10.1 Å². The molecule has 5 rings (SSSR count). The first-order valence-electron chi connectivity index (χ1n) is 11.2. The number of methoxy groups -OCH3 is 1. The van der Waals surface area contributed by atoms with Crippen molar-refractivity contribution >= 4 is 15.7 Å². The summed E-state index contributed by atoms with van der Waals surface area (Å²) in [5, 5.41) is 10.2. The third kappa shape index (κ3) is 3.57. The number of likely N-dealkylation sites (N-methyl/N-ethyl adjacent to an activating group) is 1. The van der Waals surface area contributed by atoms with Crippen LogP contribution < -0.4 is 9.64 Å². The Bertz CT molecular complexity index is 1310. The minimum atomic E-state index is -4.08. The highest BCUT2D eigenvalue weighted by molar-refractivity contribution is 7.89. The van der Waals surface area contributed by atoms with E-state index >= 15 is 0 Å². The summed E-state index contributed by atoms with van der Waals surface area (Å²) in [7, 11) is -0.532. The Labute approximate surface area is 199 Å². The highest BCUT2D eigenvalue weighted by atomic mass is 32.2. The molecule has 0 unspecified atom stereocenters. The smallest absolute Gasteiger partial charge is 0.246 e. The molecule has 0 spiro atoms. The summed E-state index contributed by atoms with van der Waals surface area (Å²) in [6.07, 6.45) is 0.583. The van der Waals surface area contributed by atoms with Gasteiger partial charge in [-0.05, 0) is 59.5 Å². The average molecular weight is 483 g/mol. The zero-order valence-electron chi connectivity index (χ0n) is 19.1. The maximum Gasteiger partial charge on any atom is 0.246 e. The normalized spacial score (nSPS) is 22.4. The Morgan fingerprint density at radius 1 is 1.06 bits per heavy atom. The van der Waals surface area contributed by atoms with E-state index in [0.29, 0.717) is 6.42 Å². The van der Waals surface area contributed by atoms with Gasteiger partial charge in [-0.2, -0.15) is 4.31 Å². The van der Waals surface area contributed by atoms with Gasteiger partial charge in [0, 0.05) is 25.2 Å². The molecule has 0 aliphatic carbocycles. The molecule has 3 atom stereocenters. The first kappa shape index (κ1) is 22.8. The molecule has 0 amide bonds. The molecule has 34 heavy (non-hydrogen) atoms. The monoisotopic (exact) mass is 482 g/mol. The summed E-state index contributed by atoms with van der Waals surface area (Å²) >= 11 is 0. The van der Waals surface area contributed by atoms with Crippen molar-refractivity contribution in [2.45, 2.75) is 23.4 Å². The van der Waals surface area contributed by atoms with Gasteiger partial charge in [-0.25, -0.2) is 12.8 Å². The summed E-state index contributed by atoms with van der Waals surface area (Å²) in [4.78, 5) is 1.72. The fraction of sp³-hybridized carbons (Fsp3) is 0.308.